The topological polar surface area (TPSA) is 160 Å². The molecule has 1 saturated heterocycles. The van der Waals surface area contributed by atoms with Crippen LogP contribution in [0.3, 0.4) is 0 Å². The number of allylic oxidation sites excluding steroid dienone is 1. The van der Waals surface area contributed by atoms with E-state index in [1.54, 1.807) is 23.6 Å². The number of carbonyl (C=O) groups is 3. The number of amides is 2. The van der Waals surface area contributed by atoms with E-state index in [9.17, 15) is 27.9 Å². The predicted octanol–water partition coefficient (Wildman–Crippen LogP) is -1.05. The van der Waals surface area contributed by atoms with Crippen LogP contribution in [-0.4, -0.2) is 52.3 Å². The van der Waals surface area contributed by atoms with Gasteiger partial charge in [-0.2, -0.15) is 0 Å². The molecule has 140 valence electrons. The molecule has 2 aliphatic heterocycles. The smallest absolute Gasteiger partial charge is 0.352 e. The number of aliphatic carboxylic acids is 1. The fourth-order valence-electron chi connectivity index (χ4n) is 2.86. The summed E-state index contributed by atoms with van der Waals surface area (Å²) >= 11 is 0. The van der Waals surface area contributed by atoms with Gasteiger partial charge in [-0.1, -0.05) is 12.1 Å². The minimum absolute atomic E-state index is 0.0600. The van der Waals surface area contributed by atoms with Crippen molar-refractivity contribution in [3.05, 3.63) is 59.1 Å². The Bertz CT molecular complexity index is 1030. The Kier molecular flexibility index (Phi) is 4.64. The fourth-order valence-corrected chi connectivity index (χ4v) is 4.76. The predicted molar refractivity (Wildman–Crippen MR) is 92.8 cm³/mol. The van der Waals surface area contributed by atoms with Crippen molar-refractivity contribution in [2.24, 2.45) is 5.84 Å². The zero-order valence-electron chi connectivity index (χ0n) is 13.7. The number of rotatable bonds is 4. The van der Waals surface area contributed by atoms with E-state index >= 15 is 0 Å². The van der Waals surface area contributed by atoms with Gasteiger partial charge in [-0.25, -0.2) is 19.1 Å². The van der Waals surface area contributed by atoms with Crippen LogP contribution in [0.4, 0.5) is 0 Å². The Morgan fingerprint density at radius 3 is 2.70 bits per heavy atom. The van der Waals surface area contributed by atoms with Gasteiger partial charge in [0.05, 0.1) is 17.0 Å². The summed E-state index contributed by atoms with van der Waals surface area (Å²) in [5.74, 6) is 1.31. The number of nitrogens with one attached hydrogen (secondary N) is 1. The number of hydrogen-bond acceptors (Lipinski definition) is 7. The number of nitrogens with zero attached hydrogens (tertiary/aromatic N) is 2. The van der Waals surface area contributed by atoms with E-state index in [0.717, 1.165) is 12.2 Å². The van der Waals surface area contributed by atoms with Crippen molar-refractivity contribution in [3.63, 3.8) is 0 Å². The highest BCUT2D eigenvalue weighted by molar-refractivity contribution is 7.92. The van der Waals surface area contributed by atoms with E-state index in [1.807, 2.05) is 0 Å². The van der Waals surface area contributed by atoms with Crippen LogP contribution >= 0.6 is 0 Å². The molecule has 0 saturated carbocycles. The second-order valence-corrected chi connectivity index (χ2v) is 7.77. The SMILES string of the molecule is NNC(=O)/C=C/C1=C(C(=O)O)N2C(=O)/C(=C\c3ccccn3)[C@H]2S(=O)(=O)C1. The summed E-state index contributed by atoms with van der Waals surface area (Å²) in [6.07, 6.45) is 4.72. The third-order valence-corrected chi connectivity index (χ3v) is 5.84. The van der Waals surface area contributed by atoms with Gasteiger partial charge < -0.3 is 5.11 Å². The summed E-state index contributed by atoms with van der Waals surface area (Å²) in [7, 11) is -3.92. The van der Waals surface area contributed by atoms with Crippen molar-refractivity contribution < 1.29 is 27.9 Å². The number of carbonyl (C=O) groups excluding carboxylic acids is 2. The lowest BCUT2D eigenvalue weighted by molar-refractivity contribution is -0.141. The molecule has 2 aliphatic rings. The maximum Gasteiger partial charge on any atom is 0.352 e. The first-order valence-electron chi connectivity index (χ1n) is 7.59. The van der Waals surface area contributed by atoms with Gasteiger partial charge >= 0.3 is 5.97 Å². The number of sulfone groups is 1. The van der Waals surface area contributed by atoms with E-state index < -0.39 is 44.4 Å². The molecule has 3 heterocycles. The number of hydrogen-bond donors (Lipinski definition) is 3. The van der Waals surface area contributed by atoms with Gasteiger partial charge in [0.2, 0.25) is 0 Å². The van der Waals surface area contributed by atoms with Gasteiger partial charge in [-0.3, -0.25) is 24.9 Å². The van der Waals surface area contributed by atoms with Crippen LogP contribution in [0.25, 0.3) is 6.08 Å². The highest BCUT2D eigenvalue weighted by Gasteiger charge is 2.56. The van der Waals surface area contributed by atoms with Crippen molar-refractivity contribution in [3.8, 4) is 0 Å². The Hall–Kier alpha value is -3.31. The average molecular weight is 390 g/mol. The lowest BCUT2D eigenvalue weighted by Crippen LogP contribution is -2.62. The average Bonchev–Trinajstić information content (AvgIpc) is 2.63. The maximum absolute atomic E-state index is 12.6. The van der Waals surface area contributed by atoms with Crippen LogP contribution in [0, 0.1) is 0 Å². The molecule has 0 aliphatic carbocycles. The van der Waals surface area contributed by atoms with Gasteiger partial charge in [-0.05, 0) is 23.8 Å². The van der Waals surface area contributed by atoms with Crippen LogP contribution in [0.5, 0.6) is 0 Å². The molecule has 1 aromatic heterocycles. The van der Waals surface area contributed by atoms with Crippen LogP contribution in [0.2, 0.25) is 0 Å². The number of β-lactam (4-membered cyclic amide) rings is 1. The minimum atomic E-state index is -3.92. The van der Waals surface area contributed by atoms with Crippen molar-refractivity contribution in [1.82, 2.24) is 15.3 Å². The molecule has 0 unspecified atom stereocenters. The normalized spacial score (nSPS) is 22.6. The zero-order valence-corrected chi connectivity index (χ0v) is 14.5. The monoisotopic (exact) mass is 390 g/mol. The van der Waals surface area contributed by atoms with E-state index in [-0.39, 0.29) is 11.1 Å². The molecular formula is C16H14N4O6S. The Morgan fingerprint density at radius 1 is 1.37 bits per heavy atom. The van der Waals surface area contributed by atoms with Crippen molar-refractivity contribution in [1.29, 1.82) is 0 Å². The number of hydrazine groups is 1. The lowest BCUT2D eigenvalue weighted by Gasteiger charge is -2.45. The minimum Gasteiger partial charge on any atom is -0.477 e. The number of carboxylic acid groups (broad SMARTS) is 1. The Labute approximate surface area is 153 Å². The molecule has 0 bridgehead atoms. The van der Waals surface area contributed by atoms with E-state index in [4.69, 9.17) is 5.84 Å². The third kappa shape index (κ3) is 3.25. The molecule has 0 aromatic carbocycles. The largest absolute Gasteiger partial charge is 0.477 e. The first kappa shape index (κ1) is 18.5. The van der Waals surface area contributed by atoms with Crippen molar-refractivity contribution >= 4 is 33.7 Å². The van der Waals surface area contributed by atoms with Crippen molar-refractivity contribution in [2.75, 3.05) is 5.75 Å². The molecule has 27 heavy (non-hydrogen) atoms. The Balaban J connectivity index is 2.07. The molecular weight excluding hydrogens is 376 g/mol. The standard InChI is InChI=1S/C16H14N4O6S/c17-19-12(21)5-4-9-8-27(25,26)15-11(7-10-3-1-2-6-18-10)14(22)20(15)13(9)16(23)24/h1-7,15H,8,17H2,(H,19,21)(H,23,24)/b5-4+,11-7+/t15-/m1/s1. The molecule has 0 radical (unpaired) electrons. The number of pyridine rings is 1. The molecule has 4 N–H and O–H groups in total. The van der Waals surface area contributed by atoms with Gasteiger partial charge in [0.25, 0.3) is 11.8 Å². The summed E-state index contributed by atoms with van der Waals surface area (Å²) in [6.45, 7) is 0. The highest BCUT2D eigenvalue weighted by Crippen LogP contribution is 2.41. The van der Waals surface area contributed by atoms with Crippen LogP contribution in [0.1, 0.15) is 5.69 Å². The molecule has 2 amide bonds. The Morgan fingerprint density at radius 2 is 2.11 bits per heavy atom. The van der Waals surface area contributed by atoms with Crippen molar-refractivity contribution in [2.45, 2.75) is 5.37 Å². The summed E-state index contributed by atoms with van der Waals surface area (Å²) in [5.41, 5.74) is 1.45. The van der Waals surface area contributed by atoms with E-state index in [0.29, 0.717) is 10.6 Å². The highest BCUT2D eigenvalue weighted by atomic mass is 32.2. The first-order chi connectivity index (χ1) is 12.8. The third-order valence-electron chi connectivity index (χ3n) is 3.98. The fraction of sp³-hybridized carbons (Fsp3) is 0.125. The van der Waals surface area contributed by atoms with Crippen LogP contribution in [-0.2, 0) is 24.2 Å². The number of nitrogens with two attached hydrogens (primary N) is 1. The number of aromatic nitrogens is 1. The van der Waals surface area contributed by atoms with E-state index in [1.165, 1.54) is 12.3 Å². The molecule has 11 heteroatoms. The lowest BCUT2D eigenvalue weighted by atomic mass is 10.0. The second kappa shape index (κ2) is 6.78. The second-order valence-electron chi connectivity index (χ2n) is 5.71. The number of fused-ring (bicyclic) bond motifs is 1. The molecule has 1 fully saturated rings. The molecule has 3 rings (SSSR count). The maximum atomic E-state index is 12.6. The quantitative estimate of drug-likeness (QED) is 0.193. The summed E-state index contributed by atoms with van der Waals surface area (Å²) in [4.78, 5) is 40.1. The van der Waals surface area contributed by atoms with Gasteiger partial charge in [0.15, 0.2) is 15.2 Å². The summed E-state index contributed by atoms with van der Waals surface area (Å²) in [6, 6.07) is 4.92. The molecule has 1 atom stereocenters. The first-order valence-corrected chi connectivity index (χ1v) is 9.30. The molecule has 0 spiro atoms. The van der Waals surface area contributed by atoms with Gasteiger partial charge in [0, 0.05) is 12.3 Å². The van der Waals surface area contributed by atoms with E-state index in [2.05, 4.69) is 4.98 Å². The number of carboxylic acids is 1. The van der Waals surface area contributed by atoms with Crippen LogP contribution < -0.4 is 11.3 Å². The zero-order chi connectivity index (χ0) is 19.8. The summed E-state index contributed by atoms with van der Waals surface area (Å²) in [5, 5.41) is 8.08. The van der Waals surface area contributed by atoms with Crippen LogP contribution in [0.15, 0.2) is 53.4 Å². The molecule has 10 nitrogen and oxygen atoms in total. The summed E-state index contributed by atoms with van der Waals surface area (Å²) < 4.78 is 25.3. The van der Waals surface area contributed by atoms with Gasteiger partial charge in [-0.15, -0.1) is 0 Å². The van der Waals surface area contributed by atoms with Gasteiger partial charge in [0.1, 0.15) is 5.70 Å². The molecule has 1 aromatic rings.